The molecule has 484 valence electrons. The lowest BCUT2D eigenvalue weighted by Crippen LogP contribution is -2.14. The fourth-order valence-electron chi connectivity index (χ4n) is 9.69. The summed E-state index contributed by atoms with van der Waals surface area (Å²) in [5.74, 6) is 3.14. The molecule has 0 unspecified atom stereocenters. The summed E-state index contributed by atoms with van der Waals surface area (Å²) < 4.78 is 47.9. The van der Waals surface area contributed by atoms with Crippen molar-refractivity contribution >= 4 is 15.7 Å². The van der Waals surface area contributed by atoms with Crippen molar-refractivity contribution in [3.05, 3.63) is 211 Å². The lowest BCUT2D eigenvalue weighted by molar-refractivity contribution is 0.399. The number of amidine groups is 1. The Bertz CT molecular complexity index is 5000. The molecule has 13 aromatic rings. The highest BCUT2D eigenvalue weighted by Gasteiger charge is 2.23. The van der Waals surface area contributed by atoms with E-state index in [0.717, 1.165) is 57.6 Å². The predicted molar refractivity (Wildman–Crippen MR) is 367 cm³/mol. The van der Waals surface area contributed by atoms with E-state index in [9.17, 15) is 13.7 Å². The lowest BCUT2D eigenvalue weighted by Gasteiger charge is -2.11. The van der Waals surface area contributed by atoms with Gasteiger partial charge in [-0.05, 0) is 123 Å². The van der Waals surface area contributed by atoms with Crippen LogP contribution in [-0.4, -0.2) is 123 Å². The molecule has 0 aliphatic rings. The van der Waals surface area contributed by atoms with Gasteiger partial charge >= 0.3 is 0 Å². The van der Waals surface area contributed by atoms with E-state index in [0.29, 0.717) is 104 Å². The van der Waals surface area contributed by atoms with Crippen LogP contribution in [-0.2, 0) is 16.3 Å². The standard InChI is InChI=1S/C24H23N7O.C24H24N6O3S.C22H15N5O2.5H2/c1-16-22(24-30-29-23(32-24)17-8-5-4-6-9-17)28-21(15-27-16)18-11-12-26-20(19(18)14-25)10-7-13-31(2)3;1-14(2)34(31,32)19-11-9-16(10-12-19)20-13-27-15(3)21(28-20)24-30-29-23(33-24)18-7-5-17(6-8-18)22(25)26-4;1-14-20(22-27-26-21(29-22)15-7-3-2-4-8-15)25-18(11-24-14)16-9-5-6-10-17(16)19-12-23-13-28-19;;;;;/h4-6,8-9,11-12,15H,7,10,13H2,1-3H3;5-14H,1-4H3,(H2,25,26);2-13H,1H3;5*1H. The number of benzene rings is 5. The Morgan fingerprint density at radius 3 is 1.52 bits per heavy atom. The van der Waals surface area contributed by atoms with Gasteiger partial charge in [-0.15, -0.1) is 30.6 Å². The summed E-state index contributed by atoms with van der Waals surface area (Å²) in [6.07, 6.45) is 11.4. The number of oxazole rings is 1. The number of nitrogens with two attached hydrogens (primary N) is 1. The van der Waals surface area contributed by atoms with Crippen LogP contribution < -0.4 is 5.73 Å². The van der Waals surface area contributed by atoms with Crippen molar-refractivity contribution in [2.45, 2.75) is 57.6 Å². The van der Waals surface area contributed by atoms with Gasteiger partial charge < -0.3 is 28.3 Å². The minimum atomic E-state index is -3.35. The highest BCUT2D eigenvalue weighted by atomic mass is 32.2. The molecule has 5 aromatic carbocycles. The molecule has 0 aliphatic heterocycles. The van der Waals surface area contributed by atoms with Gasteiger partial charge in [-0.25, -0.2) is 28.4 Å². The van der Waals surface area contributed by atoms with Gasteiger partial charge in [-0.1, -0.05) is 84.9 Å². The molecule has 25 heteroatoms. The number of nitrogens with zero attached hydrogens (tertiary/aromatic N) is 17. The first kappa shape index (κ1) is 64.5. The zero-order valence-electron chi connectivity index (χ0n) is 53.0. The molecule has 0 aliphatic carbocycles. The number of aromatic nitrogens is 14. The van der Waals surface area contributed by atoms with Crippen molar-refractivity contribution in [2.24, 2.45) is 10.7 Å². The highest BCUT2D eigenvalue weighted by molar-refractivity contribution is 7.92. The highest BCUT2D eigenvalue weighted by Crippen LogP contribution is 2.35. The van der Waals surface area contributed by atoms with Crippen molar-refractivity contribution in [1.29, 1.82) is 5.26 Å². The first-order valence-corrected chi connectivity index (χ1v) is 31.4. The smallest absolute Gasteiger partial charge is 0.268 e. The maximum Gasteiger partial charge on any atom is 0.268 e. The molecule has 0 radical (unpaired) electrons. The molecule has 0 atom stereocenters. The number of rotatable bonds is 17. The van der Waals surface area contributed by atoms with Crippen LogP contribution in [0, 0.1) is 32.1 Å². The van der Waals surface area contributed by atoms with Crippen LogP contribution in [0.4, 0.5) is 0 Å². The van der Waals surface area contributed by atoms with Gasteiger partial charge in [0.15, 0.2) is 22.0 Å². The third kappa shape index (κ3) is 14.8. The van der Waals surface area contributed by atoms with Gasteiger partial charge in [0.1, 0.15) is 29.0 Å². The van der Waals surface area contributed by atoms with Gasteiger partial charge in [0.2, 0.25) is 17.7 Å². The normalized spacial score (nSPS) is 11.4. The molecule has 0 saturated heterocycles. The average molecular weight is 1290 g/mol. The van der Waals surface area contributed by atoms with E-state index >= 15 is 0 Å². The topological polar surface area (TPSA) is 333 Å². The summed E-state index contributed by atoms with van der Waals surface area (Å²) in [5, 5.41) is 34.3. The van der Waals surface area contributed by atoms with E-state index in [1.54, 1.807) is 89.1 Å². The second-order valence-corrected chi connectivity index (χ2v) is 24.5. The van der Waals surface area contributed by atoms with E-state index < -0.39 is 15.1 Å². The maximum absolute atomic E-state index is 12.4. The lowest BCUT2D eigenvalue weighted by atomic mass is 10.0. The third-order valence-electron chi connectivity index (χ3n) is 14.9. The first-order chi connectivity index (χ1) is 46.1. The number of hydrogen-bond acceptors (Lipinski definition) is 23. The first-order valence-electron chi connectivity index (χ1n) is 29.9. The Morgan fingerprint density at radius 2 is 1.03 bits per heavy atom. The summed E-state index contributed by atoms with van der Waals surface area (Å²) in [6.45, 7) is 9.73. The Labute approximate surface area is 554 Å². The fraction of sp³-hybridized carbons (Fsp3) is 0.171. The van der Waals surface area contributed by atoms with Crippen molar-refractivity contribution in [2.75, 3.05) is 27.7 Å². The molecule has 24 nitrogen and oxygen atoms in total. The Hall–Kier alpha value is -12.0. The zero-order chi connectivity index (χ0) is 66.6. The van der Waals surface area contributed by atoms with Crippen LogP contribution in [0.25, 0.3) is 114 Å². The van der Waals surface area contributed by atoms with Crippen molar-refractivity contribution in [3.63, 3.8) is 0 Å². The fourth-order valence-corrected chi connectivity index (χ4v) is 10.7. The number of aryl methyl sites for hydroxylation is 4. The Kier molecular flexibility index (Phi) is 19.7. The van der Waals surface area contributed by atoms with Gasteiger partial charge in [0, 0.05) is 64.9 Å². The van der Waals surface area contributed by atoms with E-state index in [4.69, 9.17) is 33.4 Å². The summed E-state index contributed by atoms with van der Waals surface area (Å²) in [4.78, 5) is 42.3. The minimum Gasteiger partial charge on any atom is -0.443 e. The molecule has 0 bridgehead atoms. The summed E-state index contributed by atoms with van der Waals surface area (Å²) in [6, 6.07) is 45.0. The largest absolute Gasteiger partial charge is 0.443 e. The van der Waals surface area contributed by atoms with E-state index in [1.807, 2.05) is 137 Å². The minimum absolute atomic E-state index is 0. The van der Waals surface area contributed by atoms with Crippen LogP contribution >= 0.6 is 0 Å². The number of hydrogen-bond donors (Lipinski definition) is 1. The van der Waals surface area contributed by atoms with Crippen molar-refractivity contribution in [1.82, 2.24) is 75.4 Å². The second kappa shape index (κ2) is 29.1. The Morgan fingerprint density at radius 1 is 0.568 bits per heavy atom. The number of aliphatic imine (C=N–C) groups is 1. The molecule has 2 N–H and O–H groups in total. The van der Waals surface area contributed by atoms with Crippen molar-refractivity contribution in [3.8, 4) is 120 Å². The van der Waals surface area contributed by atoms with Crippen LogP contribution in [0.15, 0.2) is 204 Å². The van der Waals surface area contributed by atoms with Crippen LogP contribution in [0.5, 0.6) is 0 Å². The SMILES string of the molecule is CN=C(N)c1ccc(-c2nnc(-c3nc(-c4ccc(S(=O)(=O)C(C)C)cc4)cnc3C)o2)cc1.Cc1ncc(-c2ccccc2-c2cnco2)nc1-c1nnc(-c2ccccc2)o1.Cc1ncc(-c2ccnc(CCCN(C)C)c2C#N)nc1-c1nnc(-c2ccccc2)o1.[HH].[HH].[HH].[HH].[HH]. The maximum atomic E-state index is 12.4. The number of pyridine rings is 1. The third-order valence-corrected chi connectivity index (χ3v) is 17.1. The van der Waals surface area contributed by atoms with Crippen LogP contribution in [0.1, 0.15) is 61.3 Å². The van der Waals surface area contributed by atoms with Gasteiger partial charge in [0.05, 0.1) is 80.4 Å². The predicted octanol–water partition coefficient (Wildman–Crippen LogP) is 13.7. The average Bonchev–Trinajstić information content (AvgIpc) is 1.26. The van der Waals surface area contributed by atoms with Crippen molar-refractivity contribution < 1.29 is 33.2 Å². The molecule has 0 spiro atoms. The zero-order valence-corrected chi connectivity index (χ0v) is 53.8. The number of nitriles is 1. The van der Waals surface area contributed by atoms with E-state index in [1.165, 1.54) is 6.39 Å². The molecule has 0 amide bonds. The van der Waals surface area contributed by atoms with E-state index in [2.05, 4.69) is 76.5 Å². The van der Waals surface area contributed by atoms with Gasteiger partial charge in [-0.3, -0.25) is 24.9 Å². The monoisotopic (exact) mass is 1290 g/mol. The molecule has 8 aromatic heterocycles. The molecule has 0 fully saturated rings. The number of sulfone groups is 1. The van der Waals surface area contributed by atoms with Crippen LogP contribution in [0.3, 0.4) is 0 Å². The molecule has 8 heterocycles. The van der Waals surface area contributed by atoms with Gasteiger partial charge in [-0.2, -0.15) is 5.26 Å². The van der Waals surface area contributed by atoms with Crippen LogP contribution in [0.2, 0.25) is 0 Å². The quantitative estimate of drug-likeness (QED) is 0.0653. The summed E-state index contributed by atoms with van der Waals surface area (Å²) >= 11 is 0. The molecule has 95 heavy (non-hydrogen) atoms. The molecule has 0 saturated carbocycles. The molecular formula is C70H72N18O6S. The molecular weight excluding hydrogens is 1220 g/mol. The summed E-state index contributed by atoms with van der Waals surface area (Å²) in [5.41, 5.74) is 18.8. The second-order valence-electron chi connectivity index (χ2n) is 22.0. The van der Waals surface area contributed by atoms with Gasteiger partial charge in [0.25, 0.3) is 17.7 Å². The van der Waals surface area contributed by atoms with E-state index in [-0.39, 0.29) is 23.8 Å². The Balaban J connectivity index is 0.000000231. The molecule has 13 rings (SSSR count). The summed E-state index contributed by atoms with van der Waals surface area (Å²) in [7, 11) is 2.34.